The van der Waals surface area contributed by atoms with Crippen molar-refractivity contribution in [2.45, 2.75) is 32.1 Å². The van der Waals surface area contributed by atoms with Crippen LogP contribution in [-0.4, -0.2) is 29.1 Å². The summed E-state index contributed by atoms with van der Waals surface area (Å²) < 4.78 is 29.7. The van der Waals surface area contributed by atoms with Gasteiger partial charge in [0.15, 0.2) is 0 Å². The van der Waals surface area contributed by atoms with E-state index in [1.54, 1.807) is 18.2 Å². The molecule has 0 aromatic heterocycles. The maximum absolute atomic E-state index is 12.6. The quantitative estimate of drug-likeness (QED) is 0.629. The molecule has 2 rings (SSSR count). The highest BCUT2D eigenvalue weighted by Gasteiger charge is 2.19. The summed E-state index contributed by atoms with van der Waals surface area (Å²) in [5, 5.41) is 13.0. The van der Waals surface area contributed by atoms with Crippen LogP contribution in [0.2, 0.25) is 0 Å². The number of aliphatic hydroxyl groups is 1. The largest absolute Gasteiger partial charge is 0.434 e. The SMILES string of the molecule is CCC(NC(=O)CSCC(O)c1ccccc1)c1ccccc1OC(F)F. The molecule has 0 saturated heterocycles. The van der Waals surface area contributed by atoms with Gasteiger partial charge in [0, 0.05) is 11.3 Å². The summed E-state index contributed by atoms with van der Waals surface area (Å²) in [4.78, 5) is 12.2. The number of halogens is 2. The first-order valence-corrected chi connectivity index (χ1v) is 9.80. The minimum absolute atomic E-state index is 0.0619. The van der Waals surface area contributed by atoms with E-state index in [1.165, 1.54) is 17.8 Å². The van der Waals surface area contributed by atoms with E-state index < -0.39 is 18.8 Å². The topological polar surface area (TPSA) is 58.6 Å². The average Bonchev–Trinajstić information content (AvgIpc) is 2.67. The molecule has 2 N–H and O–H groups in total. The van der Waals surface area contributed by atoms with Gasteiger partial charge in [0.1, 0.15) is 5.75 Å². The Balaban J connectivity index is 1.88. The number of amides is 1. The Bertz CT molecular complexity index is 715. The molecule has 2 atom stereocenters. The van der Waals surface area contributed by atoms with E-state index in [-0.39, 0.29) is 17.4 Å². The van der Waals surface area contributed by atoms with E-state index in [4.69, 9.17) is 0 Å². The number of nitrogens with one attached hydrogen (secondary N) is 1. The third kappa shape index (κ3) is 6.84. The number of rotatable bonds is 10. The molecule has 0 aliphatic carbocycles. The number of aliphatic hydroxyl groups excluding tert-OH is 1. The molecule has 2 aromatic carbocycles. The lowest BCUT2D eigenvalue weighted by Crippen LogP contribution is -2.30. The number of para-hydroxylation sites is 1. The minimum Gasteiger partial charge on any atom is -0.434 e. The number of thioether (sulfide) groups is 1. The van der Waals surface area contributed by atoms with E-state index in [1.807, 2.05) is 37.3 Å². The van der Waals surface area contributed by atoms with Crippen LogP contribution in [0.25, 0.3) is 0 Å². The average molecular weight is 395 g/mol. The summed E-state index contributed by atoms with van der Waals surface area (Å²) in [7, 11) is 0. The zero-order chi connectivity index (χ0) is 19.6. The highest BCUT2D eigenvalue weighted by molar-refractivity contribution is 7.99. The lowest BCUT2D eigenvalue weighted by molar-refractivity contribution is -0.119. The Morgan fingerprint density at radius 3 is 2.48 bits per heavy atom. The number of benzene rings is 2. The fourth-order valence-corrected chi connectivity index (χ4v) is 3.44. The standard InChI is InChI=1S/C20H23F2NO3S/c1-2-16(15-10-6-7-11-18(15)26-20(21)22)23-19(25)13-27-12-17(24)14-8-4-3-5-9-14/h3-11,16-17,20,24H,2,12-13H2,1H3,(H,23,25). The van der Waals surface area contributed by atoms with Crippen molar-refractivity contribution in [3.8, 4) is 5.75 Å². The number of carbonyl (C=O) groups is 1. The molecule has 7 heteroatoms. The molecule has 146 valence electrons. The predicted octanol–water partition coefficient (Wildman–Crippen LogP) is 4.32. The summed E-state index contributed by atoms with van der Waals surface area (Å²) in [6, 6.07) is 15.3. The minimum atomic E-state index is -2.92. The van der Waals surface area contributed by atoms with Gasteiger partial charge in [-0.25, -0.2) is 0 Å². The van der Waals surface area contributed by atoms with Crippen molar-refractivity contribution in [2.24, 2.45) is 0 Å². The van der Waals surface area contributed by atoms with Crippen molar-refractivity contribution in [3.05, 3.63) is 65.7 Å². The van der Waals surface area contributed by atoms with Gasteiger partial charge in [-0.2, -0.15) is 8.78 Å². The lowest BCUT2D eigenvalue weighted by Gasteiger charge is -2.20. The summed E-state index contributed by atoms with van der Waals surface area (Å²) in [5.41, 5.74) is 1.32. The molecule has 0 saturated carbocycles. The maximum atomic E-state index is 12.6. The van der Waals surface area contributed by atoms with Gasteiger partial charge in [0.05, 0.1) is 17.9 Å². The first-order chi connectivity index (χ1) is 13.0. The highest BCUT2D eigenvalue weighted by Crippen LogP contribution is 2.28. The molecule has 2 aromatic rings. The molecule has 4 nitrogen and oxygen atoms in total. The molecular formula is C20H23F2NO3S. The number of hydrogen-bond donors (Lipinski definition) is 2. The van der Waals surface area contributed by atoms with Crippen molar-refractivity contribution in [3.63, 3.8) is 0 Å². The number of ether oxygens (including phenoxy) is 1. The van der Waals surface area contributed by atoms with Gasteiger partial charge < -0.3 is 15.2 Å². The Kier molecular flexibility index (Phi) is 8.54. The van der Waals surface area contributed by atoms with Crippen LogP contribution in [0.4, 0.5) is 8.78 Å². The molecule has 1 amide bonds. The van der Waals surface area contributed by atoms with Gasteiger partial charge in [-0.1, -0.05) is 55.5 Å². The summed E-state index contributed by atoms with van der Waals surface area (Å²) in [6.07, 6.45) is -0.113. The third-order valence-electron chi connectivity index (χ3n) is 3.95. The van der Waals surface area contributed by atoms with E-state index >= 15 is 0 Å². The Morgan fingerprint density at radius 2 is 1.81 bits per heavy atom. The van der Waals surface area contributed by atoms with Crippen LogP contribution in [0.15, 0.2) is 54.6 Å². The first-order valence-electron chi connectivity index (χ1n) is 8.65. The van der Waals surface area contributed by atoms with Crippen molar-refractivity contribution in [1.29, 1.82) is 0 Å². The van der Waals surface area contributed by atoms with Gasteiger partial charge in [-0.05, 0) is 18.1 Å². The van der Waals surface area contributed by atoms with Crippen molar-refractivity contribution < 1.29 is 23.4 Å². The van der Waals surface area contributed by atoms with Crippen LogP contribution in [0.3, 0.4) is 0 Å². The van der Waals surface area contributed by atoms with Gasteiger partial charge in [-0.15, -0.1) is 11.8 Å². The van der Waals surface area contributed by atoms with Gasteiger partial charge in [0.2, 0.25) is 5.91 Å². The predicted molar refractivity (Wildman–Crippen MR) is 103 cm³/mol. The molecule has 0 bridgehead atoms. The van der Waals surface area contributed by atoms with Crippen LogP contribution in [0.5, 0.6) is 5.75 Å². The Hall–Kier alpha value is -2.12. The second-order valence-corrected chi connectivity index (χ2v) is 6.92. The van der Waals surface area contributed by atoms with Crippen molar-refractivity contribution in [1.82, 2.24) is 5.32 Å². The summed E-state index contributed by atoms with van der Waals surface area (Å²) >= 11 is 1.31. The number of hydrogen-bond acceptors (Lipinski definition) is 4. The zero-order valence-electron chi connectivity index (χ0n) is 15.0. The second-order valence-electron chi connectivity index (χ2n) is 5.89. The maximum Gasteiger partial charge on any atom is 0.387 e. The third-order valence-corrected chi connectivity index (χ3v) is 4.96. The molecule has 0 aliphatic heterocycles. The molecule has 27 heavy (non-hydrogen) atoms. The fourth-order valence-electron chi connectivity index (χ4n) is 2.64. The van der Waals surface area contributed by atoms with Gasteiger partial charge in [0.25, 0.3) is 0 Å². The van der Waals surface area contributed by atoms with Crippen molar-refractivity contribution >= 4 is 17.7 Å². The Morgan fingerprint density at radius 1 is 1.15 bits per heavy atom. The lowest BCUT2D eigenvalue weighted by atomic mass is 10.0. The van der Waals surface area contributed by atoms with Crippen LogP contribution < -0.4 is 10.1 Å². The van der Waals surface area contributed by atoms with Crippen LogP contribution in [0.1, 0.15) is 36.6 Å². The van der Waals surface area contributed by atoms with E-state index in [2.05, 4.69) is 10.1 Å². The molecule has 0 radical (unpaired) electrons. The molecule has 0 fully saturated rings. The highest BCUT2D eigenvalue weighted by atomic mass is 32.2. The normalized spacial score (nSPS) is 13.2. The van der Waals surface area contributed by atoms with Crippen LogP contribution >= 0.6 is 11.8 Å². The van der Waals surface area contributed by atoms with Crippen molar-refractivity contribution in [2.75, 3.05) is 11.5 Å². The molecule has 0 heterocycles. The monoisotopic (exact) mass is 395 g/mol. The van der Waals surface area contributed by atoms with E-state index in [9.17, 15) is 18.7 Å². The van der Waals surface area contributed by atoms with E-state index in [0.717, 1.165) is 5.56 Å². The molecule has 0 aliphatic rings. The smallest absolute Gasteiger partial charge is 0.387 e. The van der Waals surface area contributed by atoms with Crippen LogP contribution in [-0.2, 0) is 4.79 Å². The number of alkyl halides is 2. The molecular weight excluding hydrogens is 372 g/mol. The second kappa shape index (κ2) is 10.9. The number of carbonyl (C=O) groups excluding carboxylic acids is 1. The molecule has 0 spiro atoms. The molecule has 2 unspecified atom stereocenters. The summed E-state index contributed by atoms with van der Waals surface area (Å²) in [5.74, 6) is 0.392. The Labute approximate surface area is 161 Å². The van der Waals surface area contributed by atoms with Gasteiger partial charge >= 0.3 is 6.61 Å². The first kappa shape index (κ1) is 21.2. The van der Waals surface area contributed by atoms with Crippen LogP contribution in [0, 0.1) is 0 Å². The fraction of sp³-hybridized carbons (Fsp3) is 0.350. The van der Waals surface area contributed by atoms with Gasteiger partial charge in [-0.3, -0.25) is 4.79 Å². The van der Waals surface area contributed by atoms with E-state index in [0.29, 0.717) is 17.7 Å². The summed E-state index contributed by atoms with van der Waals surface area (Å²) in [6.45, 7) is -1.06. The zero-order valence-corrected chi connectivity index (χ0v) is 15.8.